The second-order valence-electron chi connectivity index (χ2n) is 6.37. The molecule has 0 fully saturated rings. The Labute approximate surface area is 166 Å². The fourth-order valence-electron chi connectivity index (χ4n) is 2.90. The average Bonchev–Trinajstić information content (AvgIpc) is 3.26. The van der Waals surface area contributed by atoms with Crippen molar-refractivity contribution in [3.8, 4) is 16.4 Å². The molecular weight excluding hydrogens is 382 g/mol. The quantitative estimate of drug-likeness (QED) is 0.499. The SMILES string of the molecule is CC(C)c1ccc(-c2csc(-n3nc(C(=O)O)c4ccccc43)n2)cc1.Cl. The van der Waals surface area contributed by atoms with E-state index in [2.05, 4.69) is 48.2 Å². The van der Waals surface area contributed by atoms with E-state index in [9.17, 15) is 9.90 Å². The lowest BCUT2D eigenvalue weighted by Crippen LogP contribution is -2.01. The zero-order chi connectivity index (χ0) is 18.3. The first kappa shape index (κ1) is 19.1. The van der Waals surface area contributed by atoms with Crippen LogP contribution in [0.2, 0.25) is 0 Å². The number of para-hydroxylation sites is 1. The van der Waals surface area contributed by atoms with Crippen molar-refractivity contribution in [3.05, 3.63) is 65.2 Å². The van der Waals surface area contributed by atoms with Crippen LogP contribution in [-0.4, -0.2) is 25.8 Å². The van der Waals surface area contributed by atoms with Crippen molar-refractivity contribution in [1.29, 1.82) is 0 Å². The van der Waals surface area contributed by atoms with E-state index in [4.69, 9.17) is 0 Å². The lowest BCUT2D eigenvalue weighted by Gasteiger charge is -2.05. The van der Waals surface area contributed by atoms with E-state index >= 15 is 0 Å². The standard InChI is InChI=1S/C20H17N3O2S.ClH/c1-12(2)13-7-9-14(10-8-13)16-11-26-20(21-16)23-17-6-4-3-5-15(17)18(22-23)19(24)25;/h3-12H,1-2H3,(H,24,25);1H. The molecule has 27 heavy (non-hydrogen) atoms. The molecule has 0 aliphatic carbocycles. The van der Waals surface area contributed by atoms with Crippen LogP contribution in [0.3, 0.4) is 0 Å². The number of aromatic carboxylic acids is 1. The van der Waals surface area contributed by atoms with Crippen LogP contribution in [0.25, 0.3) is 27.3 Å². The van der Waals surface area contributed by atoms with Crippen molar-refractivity contribution in [2.75, 3.05) is 0 Å². The fraction of sp³-hybridized carbons (Fsp3) is 0.150. The highest BCUT2D eigenvalue weighted by atomic mass is 35.5. The lowest BCUT2D eigenvalue weighted by atomic mass is 10.0. The summed E-state index contributed by atoms with van der Waals surface area (Å²) in [4.78, 5) is 16.2. The molecule has 0 spiro atoms. The summed E-state index contributed by atoms with van der Waals surface area (Å²) < 4.78 is 1.61. The van der Waals surface area contributed by atoms with Crippen LogP contribution >= 0.6 is 23.7 Å². The summed E-state index contributed by atoms with van der Waals surface area (Å²) in [5.41, 5.74) is 3.96. The number of halogens is 1. The minimum Gasteiger partial charge on any atom is -0.476 e. The number of fused-ring (bicyclic) bond motifs is 1. The molecule has 2 aromatic carbocycles. The molecule has 2 aromatic heterocycles. The van der Waals surface area contributed by atoms with Gasteiger partial charge in [-0.1, -0.05) is 56.3 Å². The number of hydrogen-bond acceptors (Lipinski definition) is 4. The van der Waals surface area contributed by atoms with Gasteiger partial charge in [-0.05, 0) is 17.5 Å². The van der Waals surface area contributed by atoms with E-state index in [1.807, 2.05) is 23.6 Å². The maximum absolute atomic E-state index is 11.5. The molecule has 0 saturated heterocycles. The van der Waals surface area contributed by atoms with Crippen LogP contribution in [-0.2, 0) is 0 Å². The van der Waals surface area contributed by atoms with Gasteiger partial charge in [-0.25, -0.2) is 14.5 Å². The number of benzene rings is 2. The number of carboxylic acid groups (broad SMARTS) is 1. The maximum atomic E-state index is 11.5. The molecule has 7 heteroatoms. The van der Waals surface area contributed by atoms with Crippen LogP contribution in [0.4, 0.5) is 0 Å². The number of thiazole rings is 1. The van der Waals surface area contributed by atoms with Crippen molar-refractivity contribution in [3.63, 3.8) is 0 Å². The summed E-state index contributed by atoms with van der Waals surface area (Å²) in [6, 6.07) is 15.7. The largest absolute Gasteiger partial charge is 0.476 e. The Morgan fingerprint density at radius 3 is 2.48 bits per heavy atom. The van der Waals surface area contributed by atoms with Gasteiger partial charge in [0, 0.05) is 16.3 Å². The third kappa shape index (κ3) is 3.46. The van der Waals surface area contributed by atoms with Crippen LogP contribution in [0, 0.1) is 0 Å². The van der Waals surface area contributed by atoms with Crippen LogP contribution < -0.4 is 0 Å². The predicted molar refractivity (Wildman–Crippen MR) is 110 cm³/mol. The average molecular weight is 400 g/mol. The second-order valence-corrected chi connectivity index (χ2v) is 7.21. The Kier molecular flexibility index (Phi) is 5.30. The highest BCUT2D eigenvalue weighted by Gasteiger charge is 2.18. The molecule has 2 heterocycles. The van der Waals surface area contributed by atoms with E-state index < -0.39 is 5.97 Å². The van der Waals surface area contributed by atoms with Gasteiger partial charge in [-0.15, -0.1) is 23.7 Å². The lowest BCUT2D eigenvalue weighted by molar-refractivity contribution is 0.0692. The highest BCUT2D eigenvalue weighted by Crippen LogP contribution is 2.28. The summed E-state index contributed by atoms with van der Waals surface area (Å²) in [6.07, 6.45) is 0. The molecule has 0 radical (unpaired) electrons. The molecule has 0 aliphatic heterocycles. The third-order valence-corrected chi connectivity index (χ3v) is 5.15. The Hall–Kier alpha value is -2.70. The number of carboxylic acids is 1. The zero-order valence-electron chi connectivity index (χ0n) is 14.8. The molecule has 0 amide bonds. The molecule has 138 valence electrons. The first-order chi connectivity index (χ1) is 12.5. The molecule has 0 atom stereocenters. The fourth-order valence-corrected chi connectivity index (χ4v) is 3.70. The normalized spacial score (nSPS) is 10.9. The van der Waals surface area contributed by atoms with Crippen molar-refractivity contribution in [2.45, 2.75) is 19.8 Å². The van der Waals surface area contributed by atoms with E-state index in [1.54, 1.807) is 10.7 Å². The van der Waals surface area contributed by atoms with Crippen LogP contribution in [0.15, 0.2) is 53.9 Å². The molecule has 0 unspecified atom stereocenters. The number of nitrogens with zero attached hydrogens (tertiary/aromatic N) is 3. The first-order valence-electron chi connectivity index (χ1n) is 8.32. The molecule has 0 aliphatic rings. The Bertz CT molecular complexity index is 1100. The summed E-state index contributed by atoms with van der Waals surface area (Å²) >= 11 is 1.44. The Morgan fingerprint density at radius 2 is 1.81 bits per heavy atom. The summed E-state index contributed by atoms with van der Waals surface area (Å²) in [6.45, 7) is 4.33. The predicted octanol–water partition coefficient (Wildman–Crippen LogP) is 5.39. The topological polar surface area (TPSA) is 68.0 Å². The van der Waals surface area contributed by atoms with Gasteiger partial charge < -0.3 is 5.11 Å². The third-order valence-electron chi connectivity index (χ3n) is 4.34. The van der Waals surface area contributed by atoms with Gasteiger partial charge in [0.05, 0.1) is 11.2 Å². The first-order valence-corrected chi connectivity index (χ1v) is 9.20. The zero-order valence-corrected chi connectivity index (χ0v) is 16.4. The maximum Gasteiger partial charge on any atom is 0.357 e. The minimum atomic E-state index is -1.04. The van der Waals surface area contributed by atoms with Crippen molar-refractivity contribution >= 4 is 40.6 Å². The van der Waals surface area contributed by atoms with Gasteiger partial charge in [-0.3, -0.25) is 0 Å². The Morgan fingerprint density at radius 1 is 1.11 bits per heavy atom. The van der Waals surface area contributed by atoms with E-state index in [1.165, 1.54) is 16.9 Å². The van der Waals surface area contributed by atoms with E-state index in [0.717, 1.165) is 16.8 Å². The number of rotatable bonds is 4. The van der Waals surface area contributed by atoms with Crippen molar-refractivity contribution < 1.29 is 9.90 Å². The van der Waals surface area contributed by atoms with Crippen LogP contribution in [0.5, 0.6) is 0 Å². The van der Waals surface area contributed by atoms with Gasteiger partial charge >= 0.3 is 5.97 Å². The second kappa shape index (κ2) is 7.50. The van der Waals surface area contributed by atoms with Crippen LogP contribution in [0.1, 0.15) is 35.8 Å². The molecule has 5 nitrogen and oxygen atoms in total. The summed E-state index contributed by atoms with van der Waals surface area (Å²) in [7, 11) is 0. The smallest absolute Gasteiger partial charge is 0.357 e. The van der Waals surface area contributed by atoms with Crippen molar-refractivity contribution in [2.24, 2.45) is 0 Å². The highest BCUT2D eigenvalue weighted by molar-refractivity contribution is 7.12. The van der Waals surface area contributed by atoms with Gasteiger partial charge in [0.15, 0.2) is 5.69 Å². The summed E-state index contributed by atoms with van der Waals surface area (Å²) in [5.74, 6) is -0.555. The molecule has 0 bridgehead atoms. The summed E-state index contributed by atoms with van der Waals surface area (Å²) in [5, 5.41) is 16.9. The molecule has 1 N–H and O–H groups in total. The van der Waals surface area contributed by atoms with Crippen molar-refractivity contribution in [1.82, 2.24) is 14.8 Å². The number of carbonyl (C=O) groups is 1. The molecular formula is C20H18ClN3O2S. The molecule has 4 rings (SSSR count). The monoisotopic (exact) mass is 399 g/mol. The molecule has 0 saturated carbocycles. The molecule has 4 aromatic rings. The minimum absolute atomic E-state index is 0. The van der Waals surface area contributed by atoms with E-state index in [-0.39, 0.29) is 18.1 Å². The van der Waals surface area contributed by atoms with Gasteiger partial charge in [0.2, 0.25) is 5.13 Å². The van der Waals surface area contributed by atoms with Gasteiger partial charge in [0.1, 0.15) is 0 Å². The van der Waals surface area contributed by atoms with E-state index in [0.29, 0.717) is 16.4 Å². The van der Waals surface area contributed by atoms with Gasteiger partial charge in [0.25, 0.3) is 0 Å². The van der Waals surface area contributed by atoms with Gasteiger partial charge in [-0.2, -0.15) is 5.10 Å². The number of aromatic nitrogens is 3. The number of hydrogen-bond donors (Lipinski definition) is 1. The Balaban J connectivity index is 0.00000210.